The highest BCUT2D eigenvalue weighted by molar-refractivity contribution is 8.00. The second kappa shape index (κ2) is 12.8. The van der Waals surface area contributed by atoms with Crippen LogP contribution in [0.3, 0.4) is 0 Å². The first kappa shape index (κ1) is 28.6. The molecule has 1 atom stereocenters. The molecule has 0 bridgehead atoms. The van der Waals surface area contributed by atoms with E-state index in [0.29, 0.717) is 18.1 Å². The van der Waals surface area contributed by atoms with Crippen LogP contribution < -0.4 is 5.32 Å². The summed E-state index contributed by atoms with van der Waals surface area (Å²) in [6.07, 6.45) is 1.55. The van der Waals surface area contributed by atoms with Crippen molar-refractivity contribution in [3.8, 4) is 0 Å². The summed E-state index contributed by atoms with van der Waals surface area (Å²) in [5, 5.41) is 13.7. The molecule has 0 fully saturated rings. The van der Waals surface area contributed by atoms with Crippen LogP contribution in [0.1, 0.15) is 53.6 Å². The van der Waals surface area contributed by atoms with Crippen molar-refractivity contribution in [1.82, 2.24) is 25.1 Å². The smallest absolute Gasteiger partial charge is 0.234 e. The maximum atomic E-state index is 13.9. The van der Waals surface area contributed by atoms with Gasteiger partial charge in [-0.05, 0) is 49.1 Å². The summed E-state index contributed by atoms with van der Waals surface area (Å²) >= 11 is 1.39. The number of rotatable bonds is 10. The lowest BCUT2D eigenvalue weighted by Crippen LogP contribution is -2.36. The lowest BCUT2D eigenvalue weighted by atomic mass is 9.98. The van der Waals surface area contributed by atoms with E-state index in [2.05, 4.69) is 108 Å². The quantitative estimate of drug-likeness (QED) is 0.166. The molecule has 2 heterocycles. The summed E-state index contributed by atoms with van der Waals surface area (Å²) < 4.78 is 2.21. The number of hydrogen-bond donors (Lipinski definition) is 1. The topological polar surface area (TPSA) is 72.7 Å². The van der Waals surface area contributed by atoms with Crippen molar-refractivity contribution in [3.05, 3.63) is 131 Å². The lowest BCUT2D eigenvalue weighted by Gasteiger charge is -2.23. The zero-order valence-electron chi connectivity index (χ0n) is 24.7. The molecule has 7 heteroatoms. The molecule has 6 nitrogen and oxygen atoms in total. The SMILES string of the molecule is CCCC(Sc1nnc2c3cc(C)ccc3n(Cc3ccc(C)cc3)c2n1)C(=O)NC(c1ccccc1)c1ccccc1. The van der Waals surface area contributed by atoms with E-state index < -0.39 is 0 Å². The number of aromatic nitrogens is 4. The van der Waals surface area contributed by atoms with E-state index in [-0.39, 0.29) is 17.2 Å². The number of carbonyl (C=O) groups excluding carboxylic acids is 1. The van der Waals surface area contributed by atoms with Crippen molar-refractivity contribution in [1.29, 1.82) is 0 Å². The summed E-state index contributed by atoms with van der Waals surface area (Å²) in [5.41, 5.74) is 8.28. The normalized spacial score (nSPS) is 12.2. The highest BCUT2D eigenvalue weighted by atomic mass is 32.2. The molecule has 0 spiro atoms. The van der Waals surface area contributed by atoms with Crippen molar-refractivity contribution in [2.24, 2.45) is 0 Å². The van der Waals surface area contributed by atoms with Crippen LogP contribution in [0.2, 0.25) is 0 Å². The lowest BCUT2D eigenvalue weighted by molar-refractivity contribution is -0.121. The molecular formula is C36H35N5OS. The van der Waals surface area contributed by atoms with Crippen LogP contribution in [0.15, 0.2) is 108 Å². The Kier molecular flexibility index (Phi) is 8.52. The van der Waals surface area contributed by atoms with Gasteiger partial charge < -0.3 is 9.88 Å². The van der Waals surface area contributed by atoms with E-state index in [1.165, 1.54) is 22.9 Å². The largest absolute Gasteiger partial charge is 0.344 e. The van der Waals surface area contributed by atoms with Gasteiger partial charge in [0.15, 0.2) is 5.65 Å². The summed E-state index contributed by atoms with van der Waals surface area (Å²) in [7, 11) is 0. The molecule has 0 saturated heterocycles. The van der Waals surface area contributed by atoms with Gasteiger partial charge in [-0.3, -0.25) is 4.79 Å². The Labute approximate surface area is 256 Å². The number of benzene rings is 4. The van der Waals surface area contributed by atoms with Crippen LogP contribution in [0.4, 0.5) is 0 Å². The van der Waals surface area contributed by atoms with Crippen LogP contribution >= 0.6 is 11.8 Å². The minimum absolute atomic E-state index is 0.0379. The monoisotopic (exact) mass is 585 g/mol. The molecule has 6 aromatic rings. The second-order valence-corrected chi connectivity index (χ2v) is 12.2. The van der Waals surface area contributed by atoms with Gasteiger partial charge in [0.25, 0.3) is 0 Å². The van der Waals surface area contributed by atoms with E-state index in [4.69, 9.17) is 4.98 Å². The molecule has 0 aliphatic rings. The van der Waals surface area contributed by atoms with Gasteiger partial charge in [-0.1, -0.05) is 127 Å². The number of thioether (sulfide) groups is 1. The number of aryl methyl sites for hydroxylation is 2. The number of nitrogens with zero attached hydrogens (tertiary/aromatic N) is 4. The molecule has 6 rings (SSSR count). The van der Waals surface area contributed by atoms with Gasteiger partial charge in [-0.2, -0.15) is 0 Å². The fourth-order valence-corrected chi connectivity index (χ4v) is 6.47. The third-order valence-corrected chi connectivity index (χ3v) is 8.83. The van der Waals surface area contributed by atoms with Gasteiger partial charge in [0.1, 0.15) is 5.52 Å². The fourth-order valence-electron chi connectivity index (χ4n) is 5.46. The molecule has 1 unspecified atom stereocenters. The summed E-state index contributed by atoms with van der Waals surface area (Å²) in [5.74, 6) is -0.0379. The Hall–Kier alpha value is -4.49. The summed E-state index contributed by atoms with van der Waals surface area (Å²) in [4.78, 5) is 18.9. The van der Waals surface area contributed by atoms with Gasteiger partial charge >= 0.3 is 0 Å². The number of fused-ring (bicyclic) bond motifs is 3. The van der Waals surface area contributed by atoms with Crippen molar-refractivity contribution >= 4 is 39.7 Å². The molecule has 1 N–H and O–H groups in total. The van der Waals surface area contributed by atoms with Gasteiger partial charge in [-0.15, -0.1) is 10.2 Å². The molecule has 216 valence electrons. The van der Waals surface area contributed by atoms with Gasteiger partial charge in [0.05, 0.1) is 16.8 Å². The van der Waals surface area contributed by atoms with Crippen molar-refractivity contribution < 1.29 is 4.79 Å². The number of nitrogens with one attached hydrogen (secondary N) is 1. The predicted octanol–water partition coefficient (Wildman–Crippen LogP) is 7.81. The number of amides is 1. The van der Waals surface area contributed by atoms with E-state index in [1.807, 2.05) is 36.4 Å². The van der Waals surface area contributed by atoms with Crippen LogP contribution in [0.25, 0.3) is 22.1 Å². The first-order valence-corrected chi connectivity index (χ1v) is 15.6. The van der Waals surface area contributed by atoms with E-state index in [0.717, 1.165) is 45.2 Å². The van der Waals surface area contributed by atoms with Crippen molar-refractivity contribution in [2.75, 3.05) is 0 Å². The molecule has 0 aliphatic carbocycles. The third-order valence-electron chi connectivity index (χ3n) is 7.71. The van der Waals surface area contributed by atoms with Gasteiger partial charge in [-0.25, -0.2) is 4.98 Å². The fraction of sp³-hybridized carbons (Fsp3) is 0.222. The standard InChI is InChI=1S/C36H35N5OS/c1-4-11-31(35(42)37-32(27-12-7-5-8-13-27)28-14-9-6-10-15-28)43-36-38-34-33(39-40-36)29-22-25(3)18-21-30(29)41(34)23-26-19-16-24(2)17-20-26/h5-10,12-22,31-32H,4,11,23H2,1-3H3,(H,37,42). The first-order chi connectivity index (χ1) is 21.0. The Morgan fingerprint density at radius 2 is 1.49 bits per heavy atom. The molecule has 1 amide bonds. The van der Waals surface area contributed by atoms with Crippen LogP contribution in [-0.4, -0.2) is 30.9 Å². The van der Waals surface area contributed by atoms with Gasteiger partial charge in [0.2, 0.25) is 11.1 Å². The summed E-state index contributed by atoms with van der Waals surface area (Å²) in [6.45, 7) is 6.94. The average Bonchev–Trinajstić information content (AvgIpc) is 3.33. The summed E-state index contributed by atoms with van der Waals surface area (Å²) in [6, 6.07) is 34.9. The number of carbonyl (C=O) groups is 1. The molecule has 0 saturated carbocycles. The van der Waals surface area contributed by atoms with E-state index in [1.54, 1.807) is 0 Å². The highest BCUT2D eigenvalue weighted by Crippen LogP contribution is 2.31. The molecule has 43 heavy (non-hydrogen) atoms. The molecular weight excluding hydrogens is 550 g/mol. The highest BCUT2D eigenvalue weighted by Gasteiger charge is 2.26. The maximum absolute atomic E-state index is 13.9. The van der Waals surface area contributed by atoms with Crippen molar-refractivity contribution in [3.63, 3.8) is 0 Å². The zero-order chi connectivity index (χ0) is 29.8. The third kappa shape index (κ3) is 6.32. The Bertz CT molecular complexity index is 1810. The zero-order valence-corrected chi connectivity index (χ0v) is 25.5. The Morgan fingerprint density at radius 3 is 2.14 bits per heavy atom. The molecule has 0 aliphatic heterocycles. The Balaban J connectivity index is 1.33. The second-order valence-electron chi connectivity index (χ2n) is 11.0. The minimum Gasteiger partial charge on any atom is -0.344 e. The van der Waals surface area contributed by atoms with Crippen molar-refractivity contribution in [2.45, 2.75) is 56.6 Å². The van der Waals surface area contributed by atoms with Crippen LogP contribution in [0, 0.1) is 13.8 Å². The minimum atomic E-state index is -0.364. The maximum Gasteiger partial charge on any atom is 0.234 e. The molecule has 0 radical (unpaired) electrons. The average molecular weight is 586 g/mol. The number of hydrogen-bond acceptors (Lipinski definition) is 5. The van der Waals surface area contributed by atoms with E-state index in [9.17, 15) is 4.79 Å². The Morgan fingerprint density at radius 1 is 0.837 bits per heavy atom. The van der Waals surface area contributed by atoms with Crippen LogP contribution in [0.5, 0.6) is 0 Å². The van der Waals surface area contributed by atoms with E-state index >= 15 is 0 Å². The molecule has 2 aromatic heterocycles. The predicted molar refractivity (Wildman–Crippen MR) is 175 cm³/mol. The molecule has 4 aromatic carbocycles. The van der Waals surface area contributed by atoms with Crippen LogP contribution in [-0.2, 0) is 11.3 Å². The first-order valence-electron chi connectivity index (χ1n) is 14.8. The van der Waals surface area contributed by atoms with Gasteiger partial charge in [0, 0.05) is 11.9 Å².